The van der Waals surface area contributed by atoms with Crippen molar-refractivity contribution in [3.8, 4) is 0 Å². The van der Waals surface area contributed by atoms with Crippen LogP contribution in [0.15, 0.2) is 0 Å². The van der Waals surface area contributed by atoms with E-state index in [4.69, 9.17) is 0 Å². The van der Waals surface area contributed by atoms with Gasteiger partial charge in [-0.15, -0.1) is 8.99 Å². The van der Waals surface area contributed by atoms with Crippen LogP contribution in [0.3, 0.4) is 0 Å². The Hall–Kier alpha value is 0.0500. The fraction of sp³-hybridized carbons (Fsp3) is 1.00. The van der Waals surface area contributed by atoms with Crippen molar-refractivity contribution in [1.82, 2.24) is 8.99 Å². The summed E-state index contributed by atoms with van der Waals surface area (Å²) in [6.45, 7) is 0.967. The average molecular weight is 250 g/mol. The SMILES string of the molecule is CP(=O)(NS(C)(=O)=O)NS(C)(=O)=O. The normalized spacial score (nSPS) is 14.4. The van der Waals surface area contributed by atoms with Gasteiger partial charge < -0.3 is 0 Å². The van der Waals surface area contributed by atoms with Crippen molar-refractivity contribution in [2.45, 2.75) is 0 Å². The van der Waals surface area contributed by atoms with E-state index in [-0.39, 0.29) is 0 Å². The van der Waals surface area contributed by atoms with Gasteiger partial charge in [0.15, 0.2) is 0 Å². The molecular weight excluding hydrogens is 239 g/mol. The number of nitrogens with one attached hydrogen (secondary N) is 2. The maximum atomic E-state index is 11.3. The molecule has 0 rings (SSSR count). The molecule has 0 aliphatic heterocycles. The minimum atomic E-state index is -3.69. The van der Waals surface area contributed by atoms with E-state index in [0.29, 0.717) is 0 Å². The highest BCUT2D eigenvalue weighted by Gasteiger charge is 2.23. The third kappa shape index (κ3) is 8.38. The summed E-state index contributed by atoms with van der Waals surface area (Å²) < 4.78 is 57.1. The van der Waals surface area contributed by atoms with Gasteiger partial charge in [0, 0.05) is 6.66 Å². The van der Waals surface area contributed by atoms with E-state index in [1.54, 1.807) is 8.99 Å². The maximum absolute atomic E-state index is 11.3. The highest BCUT2D eigenvalue weighted by Crippen LogP contribution is 2.31. The zero-order valence-electron chi connectivity index (χ0n) is 7.30. The molecule has 0 radical (unpaired) electrons. The molecule has 0 amide bonds. The van der Waals surface area contributed by atoms with E-state index < -0.39 is 27.5 Å². The van der Waals surface area contributed by atoms with Crippen molar-refractivity contribution in [3.63, 3.8) is 0 Å². The highest BCUT2D eigenvalue weighted by atomic mass is 32.2. The molecule has 0 saturated heterocycles. The molecule has 0 aromatic rings. The lowest BCUT2D eigenvalue weighted by Crippen LogP contribution is -2.29. The van der Waals surface area contributed by atoms with Crippen molar-refractivity contribution >= 4 is 27.5 Å². The predicted molar refractivity (Wildman–Crippen MR) is 49.5 cm³/mol. The molecule has 0 fully saturated rings. The quantitative estimate of drug-likeness (QED) is 0.616. The van der Waals surface area contributed by atoms with Crippen molar-refractivity contribution in [2.75, 3.05) is 19.2 Å². The predicted octanol–water partition coefficient (Wildman–Crippen LogP) is -1.09. The fourth-order valence-corrected chi connectivity index (χ4v) is 6.20. The van der Waals surface area contributed by atoms with Gasteiger partial charge in [-0.1, -0.05) is 0 Å². The molecular formula is C3H11N2O5PS2. The lowest BCUT2D eigenvalue weighted by molar-refractivity contribution is 0.564. The number of sulfonamides is 2. The van der Waals surface area contributed by atoms with Gasteiger partial charge in [-0.05, 0) is 0 Å². The summed E-state index contributed by atoms with van der Waals surface area (Å²) in [5.41, 5.74) is 0. The van der Waals surface area contributed by atoms with E-state index in [1.165, 1.54) is 0 Å². The first-order valence-electron chi connectivity index (χ1n) is 2.97. The molecule has 0 bridgehead atoms. The molecule has 0 aliphatic carbocycles. The Morgan fingerprint density at radius 1 is 0.923 bits per heavy atom. The Balaban J connectivity index is 4.74. The Bertz CT molecular complexity index is 385. The van der Waals surface area contributed by atoms with Crippen LogP contribution in [0, 0.1) is 0 Å². The van der Waals surface area contributed by atoms with Crippen LogP contribution in [0.5, 0.6) is 0 Å². The van der Waals surface area contributed by atoms with Crippen LogP contribution in [0.4, 0.5) is 0 Å². The average Bonchev–Trinajstić information content (AvgIpc) is 1.43. The maximum Gasteiger partial charge on any atom is 0.234 e. The molecule has 0 unspecified atom stereocenters. The number of hydrogen-bond acceptors (Lipinski definition) is 5. The lowest BCUT2D eigenvalue weighted by atomic mass is 12.0. The lowest BCUT2D eigenvalue weighted by Gasteiger charge is -2.12. The second-order valence-electron chi connectivity index (χ2n) is 2.65. The van der Waals surface area contributed by atoms with Gasteiger partial charge in [-0.3, -0.25) is 4.57 Å². The first-order chi connectivity index (χ1) is 5.41. The summed E-state index contributed by atoms with van der Waals surface area (Å²) in [5, 5.41) is 0. The van der Waals surface area contributed by atoms with Gasteiger partial charge >= 0.3 is 0 Å². The van der Waals surface area contributed by atoms with E-state index in [0.717, 1.165) is 19.2 Å². The number of rotatable bonds is 4. The summed E-state index contributed by atoms with van der Waals surface area (Å²) in [6.07, 6.45) is 1.57. The molecule has 0 aromatic heterocycles. The molecule has 10 heteroatoms. The summed E-state index contributed by atoms with van der Waals surface area (Å²) in [6, 6.07) is 0. The van der Waals surface area contributed by atoms with E-state index >= 15 is 0 Å². The highest BCUT2D eigenvalue weighted by molar-refractivity contribution is 8.00. The molecule has 0 saturated carbocycles. The Labute approximate surface area is 77.5 Å². The Morgan fingerprint density at radius 2 is 1.15 bits per heavy atom. The minimum Gasteiger partial charge on any atom is -0.288 e. The first kappa shape index (κ1) is 13.1. The second-order valence-corrected chi connectivity index (χ2v) is 9.05. The topological polar surface area (TPSA) is 109 Å². The summed E-state index contributed by atoms with van der Waals surface area (Å²) in [5.74, 6) is 0. The molecule has 0 aromatic carbocycles. The van der Waals surface area contributed by atoms with Crippen LogP contribution in [0.25, 0.3) is 0 Å². The zero-order valence-corrected chi connectivity index (χ0v) is 9.83. The molecule has 7 nitrogen and oxygen atoms in total. The Morgan fingerprint density at radius 3 is 1.31 bits per heavy atom. The van der Waals surface area contributed by atoms with Crippen molar-refractivity contribution in [1.29, 1.82) is 0 Å². The third-order valence-electron chi connectivity index (χ3n) is 0.680. The van der Waals surface area contributed by atoms with E-state index in [2.05, 4.69) is 0 Å². The fourth-order valence-electron chi connectivity index (χ4n) is 0.651. The van der Waals surface area contributed by atoms with Crippen molar-refractivity contribution in [3.05, 3.63) is 0 Å². The van der Waals surface area contributed by atoms with Gasteiger partial charge in [0.05, 0.1) is 12.5 Å². The molecule has 13 heavy (non-hydrogen) atoms. The monoisotopic (exact) mass is 250 g/mol. The van der Waals surface area contributed by atoms with Gasteiger partial charge in [-0.2, -0.15) is 0 Å². The summed E-state index contributed by atoms with van der Waals surface area (Å²) in [7, 11) is -11.0. The zero-order chi connectivity index (χ0) is 10.9. The standard InChI is InChI=1S/C3H11N2O5PS2/c1-11(6,4-12(2,7)8)5-13(3,9)10/h1-3H3,(H2,4,5,6). The molecule has 0 atom stereocenters. The van der Waals surface area contributed by atoms with Gasteiger partial charge in [0.2, 0.25) is 27.5 Å². The van der Waals surface area contributed by atoms with Crippen molar-refractivity contribution in [2.24, 2.45) is 0 Å². The van der Waals surface area contributed by atoms with Crippen LogP contribution in [0.2, 0.25) is 0 Å². The molecule has 0 heterocycles. The second kappa shape index (κ2) is 3.66. The molecule has 0 spiro atoms. The van der Waals surface area contributed by atoms with E-state index in [9.17, 15) is 21.4 Å². The van der Waals surface area contributed by atoms with Gasteiger partial charge in [0.25, 0.3) is 0 Å². The largest absolute Gasteiger partial charge is 0.288 e. The van der Waals surface area contributed by atoms with Crippen LogP contribution in [0.1, 0.15) is 0 Å². The van der Waals surface area contributed by atoms with E-state index in [1.807, 2.05) is 0 Å². The van der Waals surface area contributed by atoms with Crippen LogP contribution >= 0.6 is 7.44 Å². The smallest absolute Gasteiger partial charge is 0.234 e. The summed E-state index contributed by atoms with van der Waals surface area (Å²) in [4.78, 5) is 0. The van der Waals surface area contributed by atoms with Gasteiger partial charge in [-0.25, -0.2) is 16.8 Å². The van der Waals surface area contributed by atoms with Crippen LogP contribution in [-0.2, 0) is 24.6 Å². The molecule has 0 aliphatic rings. The first-order valence-corrected chi connectivity index (χ1v) is 8.91. The van der Waals surface area contributed by atoms with Crippen molar-refractivity contribution < 1.29 is 21.4 Å². The molecule has 80 valence electrons. The summed E-state index contributed by atoms with van der Waals surface area (Å²) >= 11 is 0. The number of hydrogen-bond donors (Lipinski definition) is 2. The molecule has 2 N–H and O–H groups in total. The van der Waals surface area contributed by atoms with Crippen LogP contribution in [-0.4, -0.2) is 36.0 Å². The van der Waals surface area contributed by atoms with Crippen LogP contribution < -0.4 is 8.99 Å². The van der Waals surface area contributed by atoms with Gasteiger partial charge in [0.1, 0.15) is 0 Å². The minimum absolute atomic E-state index is 0.785. The third-order valence-corrected chi connectivity index (χ3v) is 6.12. The Kier molecular flexibility index (Phi) is 3.67.